The number of hydrogen-bond acceptors (Lipinski definition) is 6. The summed E-state index contributed by atoms with van der Waals surface area (Å²) in [5.41, 5.74) is 10.4. The standard InChI is InChI=1S/C22H29N5O2/c1-13(2)6-16-10-19(27-26-16)22(28)25-11-17-9-15-7-14(3)8-18(21(15)29-17)20-12-23-4-5-24-20/h4-5,7-8,12-13,16-17,19,26-27H,6,9-11H2,1-3H3,(H,25,28). The van der Waals surface area contributed by atoms with Crippen molar-refractivity contribution < 1.29 is 9.53 Å². The maximum atomic E-state index is 12.6. The SMILES string of the molecule is Cc1cc2c(c(-c3cnccn3)c1)OC(CNC(=O)C1CC(CC(C)C)NN1)C2. The lowest BCUT2D eigenvalue weighted by atomic mass is 9.99. The molecule has 2 aliphatic heterocycles. The van der Waals surface area contributed by atoms with Crippen molar-refractivity contribution >= 4 is 5.91 Å². The highest BCUT2D eigenvalue weighted by molar-refractivity contribution is 5.82. The number of carbonyl (C=O) groups excluding carboxylic acids is 1. The predicted molar refractivity (Wildman–Crippen MR) is 111 cm³/mol. The predicted octanol–water partition coefficient (Wildman–Crippen LogP) is 2.15. The summed E-state index contributed by atoms with van der Waals surface area (Å²) in [6.07, 6.45) is 7.67. The van der Waals surface area contributed by atoms with Crippen LogP contribution in [0.4, 0.5) is 0 Å². The Hall–Kier alpha value is -2.51. The number of nitrogens with one attached hydrogen (secondary N) is 3. The molecule has 154 valence electrons. The van der Waals surface area contributed by atoms with E-state index >= 15 is 0 Å². The molecule has 0 radical (unpaired) electrons. The number of rotatable bonds is 6. The molecular formula is C22H29N5O2. The van der Waals surface area contributed by atoms with Crippen LogP contribution < -0.4 is 20.9 Å². The molecule has 3 atom stereocenters. The van der Waals surface area contributed by atoms with Crippen LogP contribution in [-0.2, 0) is 11.2 Å². The van der Waals surface area contributed by atoms with E-state index in [1.165, 1.54) is 0 Å². The molecule has 7 heteroatoms. The number of hydrazine groups is 1. The van der Waals surface area contributed by atoms with Crippen LogP contribution in [0.1, 0.15) is 37.8 Å². The molecule has 3 unspecified atom stereocenters. The second-order valence-corrected chi connectivity index (χ2v) is 8.48. The first-order valence-corrected chi connectivity index (χ1v) is 10.3. The fourth-order valence-corrected chi connectivity index (χ4v) is 4.19. The highest BCUT2D eigenvalue weighted by Crippen LogP contribution is 2.38. The summed E-state index contributed by atoms with van der Waals surface area (Å²) < 4.78 is 6.22. The minimum absolute atomic E-state index is 0.0219. The third-order valence-corrected chi connectivity index (χ3v) is 5.44. The van der Waals surface area contributed by atoms with Gasteiger partial charge in [0.2, 0.25) is 5.91 Å². The van der Waals surface area contributed by atoms with Crippen molar-refractivity contribution in [3.05, 3.63) is 41.9 Å². The zero-order valence-corrected chi connectivity index (χ0v) is 17.2. The fraction of sp³-hybridized carbons (Fsp3) is 0.500. The summed E-state index contributed by atoms with van der Waals surface area (Å²) in [5.74, 6) is 1.48. The van der Waals surface area contributed by atoms with Crippen molar-refractivity contribution in [1.82, 2.24) is 26.1 Å². The number of benzene rings is 1. The van der Waals surface area contributed by atoms with Crippen LogP contribution in [0.15, 0.2) is 30.7 Å². The highest BCUT2D eigenvalue weighted by atomic mass is 16.5. The lowest BCUT2D eigenvalue weighted by molar-refractivity contribution is -0.123. The number of fused-ring (bicyclic) bond motifs is 1. The van der Waals surface area contributed by atoms with Crippen molar-refractivity contribution in [3.63, 3.8) is 0 Å². The molecule has 1 saturated heterocycles. The number of aromatic nitrogens is 2. The Morgan fingerprint density at radius 1 is 1.31 bits per heavy atom. The summed E-state index contributed by atoms with van der Waals surface area (Å²) in [4.78, 5) is 21.2. The Labute approximate surface area is 171 Å². The average molecular weight is 396 g/mol. The lowest BCUT2D eigenvalue weighted by Gasteiger charge is -2.15. The zero-order valence-electron chi connectivity index (χ0n) is 17.2. The van der Waals surface area contributed by atoms with Crippen molar-refractivity contribution in [2.75, 3.05) is 6.54 Å². The maximum absolute atomic E-state index is 12.6. The van der Waals surface area contributed by atoms with Crippen LogP contribution in [0.3, 0.4) is 0 Å². The largest absolute Gasteiger partial charge is 0.487 e. The van der Waals surface area contributed by atoms with Gasteiger partial charge in [0, 0.05) is 30.4 Å². The molecule has 1 fully saturated rings. The van der Waals surface area contributed by atoms with E-state index in [2.05, 4.69) is 59.0 Å². The van der Waals surface area contributed by atoms with Gasteiger partial charge in [-0.25, -0.2) is 5.43 Å². The molecule has 4 rings (SSSR count). The molecule has 1 aromatic heterocycles. The Balaban J connectivity index is 1.36. The maximum Gasteiger partial charge on any atom is 0.238 e. The monoisotopic (exact) mass is 395 g/mol. The van der Waals surface area contributed by atoms with Gasteiger partial charge >= 0.3 is 0 Å². The molecule has 0 saturated carbocycles. The van der Waals surface area contributed by atoms with Gasteiger partial charge in [0.15, 0.2) is 0 Å². The molecule has 1 amide bonds. The van der Waals surface area contributed by atoms with Gasteiger partial charge in [-0.2, -0.15) is 0 Å². The molecule has 1 aromatic carbocycles. The number of amides is 1. The number of ether oxygens (including phenoxy) is 1. The van der Waals surface area contributed by atoms with Gasteiger partial charge in [-0.3, -0.25) is 20.2 Å². The van der Waals surface area contributed by atoms with Crippen LogP contribution in [-0.4, -0.2) is 40.6 Å². The number of aryl methyl sites for hydroxylation is 1. The molecule has 3 N–H and O–H groups in total. The van der Waals surface area contributed by atoms with Crippen molar-refractivity contribution in [2.45, 2.75) is 58.2 Å². The smallest absolute Gasteiger partial charge is 0.238 e. The second-order valence-electron chi connectivity index (χ2n) is 8.48. The number of hydrogen-bond donors (Lipinski definition) is 3. The van der Waals surface area contributed by atoms with Crippen LogP contribution in [0, 0.1) is 12.8 Å². The third kappa shape index (κ3) is 4.57. The zero-order chi connectivity index (χ0) is 20.4. The Bertz CT molecular complexity index is 871. The summed E-state index contributed by atoms with van der Waals surface area (Å²) >= 11 is 0. The lowest BCUT2D eigenvalue weighted by Crippen LogP contribution is -2.46. The molecule has 0 spiro atoms. The van der Waals surface area contributed by atoms with Crippen molar-refractivity contribution in [1.29, 1.82) is 0 Å². The third-order valence-electron chi connectivity index (χ3n) is 5.44. The van der Waals surface area contributed by atoms with Crippen molar-refractivity contribution in [2.24, 2.45) is 5.92 Å². The average Bonchev–Trinajstić information content (AvgIpc) is 3.32. The Kier molecular flexibility index (Phi) is 5.78. The summed E-state index contributed by atoms with van der Waals surface area (Å²) in [7, 11) is 0. The molecule has 2 aliphatic rings. The van der Waals surface area contributed by atoms with Gasteiger partial charge in [-0.1, -0.05) is 19.9 Å². The molecule has 0 bridgehead atoms. The molecular weight excluding hydrogens is 366 g/mol. The van der Waals surface area contributed by atoms with E-state index in [1.54, 1.807) is 18.6 Å². The van der Waals surface area contributed by atoms with Gasteiger partial charge in [0.1, 0.15) is 17.9 Å². The van der Waals surface area contributed by atoms with Crippen LogP contribution in [0.25, 0.3) is 11.3 Å². The molecule has 29 heavy (non-hydrogen) atoms. The highest BCUT2D eigenvalue weighted by Gasteiger charge is 2.31. The van der Waals surface area contributed by atoms with E-state index in [0.29, 0.717) is 18.5 Å². The van der Waals surface area contributed by atoms with Crippen LogP contribution >= 0.6 is 0 Å². The van der Waals surface area contributed by atoms with Gasteiger partial charge in [-0.05, 0) is 42.9 Å². The minimum atomic E-state index is -0.195. The molecule has 2 aromatic rings. The first-order valence-electron chi connectivity index (χ1n) is 10.3. The Morgan fingerprint density at radius 3 is 2.93 bits per heavy atom. The van der Waals surface area contributed by atoms with E-state index in [4.69, 9.17) is 4.74 Å². The summed E-state index contributed by atoms with van der Waals surface area (Å²) in [6.45, 7) is 6.95. The van der Waals surface area contributed by atoms with E-state index < -0.39 is 0 Å². The molecule has 7 nitrogen and oxygen atoms in total. The first-order chi connectivity index (χ1) is 14.0. The first kappa shape index (κ1) is 19.8. The van der Waals surface area contributed by atoms with Crippen LogP contribution in [0.2, 0.25) is 0 Å². The number of carbonyl (C=O) groups is 1. The van der Waals surface area contributed by atoms with Gasteiger partial charge in [0.05, 0.1) is 18.4 Å². The second kappa shape index (κ2) is 8.47. The molecule has 0 aliphatic carbocycles. The summed E-state index contributed by atoms with van der Waals surface area (Å²) in [6, 6.07) is 4.37. The topological polar surface area (TPSA) is 88.2 Å². The van der Waals surface area contributed by atoms with Crippen molar-refractivity contribution in [3.8, 4) is 17.0 Å². The van der Waals surface area contributed by atoms with Gasteiger partial charge in [0.25, 0.3) is 0 Å². The van der Waals surface area contributed by atoms with E-state index in [0.717, 1.165) is 47.4 Å². The van der Waals surface area contributed by atoms with Crippen LogP contribution in [0.5, 0.6) is 5.75 Å². The van der Waals surface area contributed by atoms with E-state index in [9.17, 15) is 4.79 Å². The quantitative estimate of drug-likeness (QED) is 0.695. The Morgan fingerprint density at radius 2 is 2.17 bits per heavy atom. The fourth-order valence-electron chi connectivity index (χ4n) is 4.19. The van der Waals surface area contributed by atoms with E-state index in [1.807, 2.05) is 0 Å². The normalized spacial score (nSPS) is 23.1. The molecule has 3 heterocycles. The summed E-state index contributed by atoms with van der Waals surface area (Å²) in [5, 5.41) is 3.05. The van der Waals surface area contributed by atoms with Gasteiger partial charge in [-0.15, -0.1) is 0 Å². The number of nitrogens with zero attached hydrogens (tertiary/aromatic N) is 2. The van der Waals surface area contributed by atoms with Gasteiger partial charge < -0.3 is 10.1 Å². The minimum Gasteiger partial charge on any atom is -0.487 e. The van der Waals surface area contributed by atoms with E-state index in [-0.39, 0.29) is 18.1 Å².